The van der Waals surface area contributed by atoms with Gasteiger partial charge < -0.3 is 109 Å². The number of hydrogen-bond acceptors (Lipinski definition) is 23. The van der Waals surface area contributed by atoms with E-state index in [4.69, 9.17) is 42.6 Å². The molecule has 6 saturated heterocycles. The van der Waals surface area contributed by atoms with Crippen LogP contribution in [0.2, 0.25) is 0 Å². The standard InChI is InChI=1S/C53H80O25/c1-19-14-52-21(15-48(2,3)16-27(52)73-45-35(63)31(59)32(60)38(75-45)41(65)66)20-8-9-25-50(6)12-11-26(49(4,5)24(50)10-13-51(25,7)53(19,20)78-47(52)69)72-46-40(77-44-34(62)30(58)29(57)23(17-54)71-44)37(36(64)39(76-46)42(67)68)74-43-33(61)28(56)22(55)18-70-43/h8,19,21-40,43-46,54-64H,9-18H2,1-7H3,(H,65,66)(H,67,68)/t19-,21-,22+,23+,24-,25+,26-,27-,28-,29+,30-,31-,32-,33+,34+,35+,36-,37-,38-,39-,40+,43-,44-,45+,46+,50-,51+,52-,53+/m0/s1. The van der Waals surface area contributed by atoms with E-state index >= 15 is 4.79 Å². The zero-order chi connectivity index (χ0) is 56.9. The fourth-order valence-electron chi connectivity index (χ4n) is 17.1. The first-order valence-corrected chi connectivity index (χ1v) is 27.4. The number of carboxylic acids is 2. The summed E-state index contributed by atoms with van der Waals surface area (Å²) in [5.74, 6) is -4.48. The average molecular weight is 1120 g/mol. The van der Waals surface area contributed by atoms with Gasteiger partial charge in [0, 0.05) is 17.3 Å². The molecular weight excluding hydrogens is 1040 g/mol. The maximum absolute atomic E-state index is 15.2. The van der Waals surface area contributed by atoms with E-state index < -0.39 is 193 Å². The van der Waals surface area contributed by atoms with Crippen LogP contribution in [-0.4, -0.2) is 232 Å². The first-order chi connectivity index (χ1) is 36.4. The summed E-state index contributed by atoms with van der Waals surface area (Å²) in [6.45, 7) is 13.4. The summed E-state index contributed by atoms with van der Waals surface area (Å²) in [6.07, 6.45) is -30.4. The zero-order valence-corrected chi connectivity index (χ0v) is 44.8. The lowest BCUT2D eigenvalue weighted by molar-refractivity contribution is -0.392. The van der Waals surface area contributed by atoms with Crippen LogP contribution < -0.4 is 0 Å². The molecule has 6 aliphatic heterocycles. The van der Waals surface area contributed by atoms with Gasteiger partial charge in [0.1, 0.15) is 90.4 Å². The molecule has 0 radical (unpaired) electrons. The molecule has 29 atom stereocenters. The molecule has 4 saturated carbocycles. The molecule has 78 heavy (non-hydrogen) atoms. The van der Waals surface area contributed by atoms with Crippen LogP contribution in [-0.2, 0) is 57.0 Å². The van der Waals surface area contributed by atoms with Crippen molar-refractivity contribution in [3.63, 3.8) is 0 Å². The Bertz CT molecular complexity index is 2320. The van der Waals surface area contributed by atoms with Gasteiger partial charge in [-0.1, -0.05) is 54.5 Å². The largest absolute Gasteiger partial charge is 0.479 e. The number of allylic oxidation sites excluding steroid dienone is 1. The predicted molar refractivity (Wildman–Crippen MR) is 257 cm³/mol. The molecule has 11 rings (SSSR count). The summed E-state index contributed by atoms with van der Waals surface area (Å²) in [7, 11) is 0. The Kier molecular flexibility index (Phi) is 15.3. The van der Waals surface area contributed by atoms with Gasteiger partial charge in [0.05, 0.1) is 25.4 Å². The summed E-state index contributed by atoms with van der Waals surface area (Å²) in [4.78, 5) is 40.2. The SMILES string of the molecule is C[C@H]1C[C@]23C(=O)O[C@@]14C(=CC[C@@H]1[C@@]5(C)CC[C@H](O[C@@H]6O[C@H](C(=O)O)[C@@H](O)[C@H](O[C@@H]7OC[C@@H](O)[C@H](O)[C@H]7O)[C@H]6O[C@@H]6O[C@H](CO)[C@@H](O)[C@H](O)[C@H]6O)C(C)(C)[C@@H]5CC[C@]14C)[C@@H]2CC(C)(C)C[C@@H]3O[C@@H]1O[C@H](C(=O)O)[C@@H](O)[C@H](O)[C@H]1O. The summed E-state index contributed by atoms with van der Waals surface area (Å²) in [5, 5.41) is 138. The Labute approximate surface area is 450 Å². The van der Waals surface area contributed by atoms with Gasteiger partial charge in [-0.25, -0.2) is 9.59 Å². The molecule has 0 aromatic rings. The third-order valence-electron chi connectivity index (χ3n) is 20.9. The predicted octanol–water partition coefficient (Wildman–Crippen LogP) is -2.22. The molecule has 0 amide bonds. The van der Waals surface area contributed by atoms with Crippen molar-refractivity contribution in [2.75, 3.05) is 13.2 Å². The van der Waals surface area contributed by atoms with Gasteiger partial charge in [-0.2, -0.15) is 0 Å². The van der Waals surface area contributed by atoms with Crippen molar-refractivity contribution in [1.82, 2.24) is 0 Å². The number of carboxylic acid groups (broad SMARTS) is 2. The van der Waals surface area contributed by atoms with Crippen LogP contribution in [0, 0.1) is 50.7 Å². The van der Waals surface area contributed by atoms with E-state index in [9.17, 15) is 76.0 Å². The summed E-state index contributed by atoms with van der Waals surface area (Å²) in [5.41, 5.74) is -3.57. The lowest BCUT2D eigenvalue weighted by Crippen LogP contribution is -2.78. The minimum Gasteiger partial charge on any atom is -0.479 e. The summed E-state index contributed by atoms with van der Waals surface area (Å²) < 4.78 is 55.5. The summed E-state index contributed by atoms with van der Waals surface area (Å²) >= 11 is 0. The number of esters is 1. The number of fused-ring (bicyclic) bond motifs is 5. The van der Waals surface area contributed by atoms with Crippen molar-refractivity contribution in [3.05, 3.63) is 11.6 Å². The average Bonchev–Trinajstić information content (AvgIpc) is 1.65. The van der Waals surface area contributed by atoms with Crippen molar-refractivity contribution in [2.45, 2.75) is 234 Å². The number of hydrogen-bond donors (Lipinski definition) is 13. The number of aliphatic hydroxyl groups excluding tert-OH is 11. The van der Waals surface area contributed by atoms with Crippen molar-refractivity contribution in [1.29, 1.82) is 0 Å². The molecule has 13 N–H and O–H groups in total. The van der Waals surface area contributed by atoms with Gasteiger partial charge in [0.25, 0.3) is 0 Å². The second kappa shape index (κ2) is 20.3. The third-order valence-corrected chi connectivity index (χ3v) is 20.9. The van der Waals surface area contributed by atoms with E-state index in [-0.39, 0.29) is 23.7 Å². The van der Waals surface area contributed by atoms with Crippen LogP contribution in [0.4, 0.5) is 0 Å². The molecule has 11 aliphatic rings. The first kappa shape index (κ1) is 58.6. The smallest absolute Gasteiger partial charge is 0.335 e. The second-order valence-corrected chi connectivity index (χ2v) is 26.1. The van der Waals surface area contributed by atoms with E-state index in [0.29, 0.717) is 51.4 Å². The van der Waals surface area contributed by atoms with Gasteiger partial charge >= 0.3 is 17.9 Å². The van der Waals surface area contributed by atoms with Crippen LogP contribution in [0.25, 0.3) is 0 Å². The molecule has 25 heteroatoms. The molecule has 0 unspecified atom stereocenters. The zero-order valence-electron chi connectivity index (χ0n) is 44.8. The van der Waals surface area contributed by atoms with Gasteiger partial charge in [0.15, 0.2) is 37.4 Å². The van der Waals surface area contributed by atoms with E-state index in [1.165, 1.54) is 0 Å². The van der Waals surface area contributed by atoms with Gasteiger partial charge in [0.2, 0.25) is 0 Å². The Morgan fingerprint density at radius 2 is 1.22 bits per heavy atom. The molecule has 10 fully saturated rings. The monoisotopic (exact) mass is 1120 g/mol. The number of ether oxygens (including phenoxy) is 9. The fraction of sp³-hybridized carbons (Fsp3) is 0.906. The highest BCUT2D eigenvalue weighted by molar-refractivity contribution is 5.84. The Hall–Kier alpha value is -2.61. The quantitative estimate of drug-likeness (QED) is 0.0592. The molecule has 25 nitrogen and oxygen atoms in total. The van der Waals surface area contributed by atoms with E-state index in [1.54, 1.807) is 0 Å². The minimum atomic E-state index is -2.12. The van der Waals surface area contributed by atoms with Gasteiger partial charge in [-0.15, -0.1) is 0 Å². The van der Waals surface area contributed by atoms with Crippen molar-refractivity contribution in [2.24, 2.45) is 50.7 Å². The number of carbonyl (C=O) groups is 3. The molecule has 0 aromatic heterocycles. The molecule has 2 bridgehead atoms. The third kappa shape index (κ3) is 8.69. The molecule has 442 valence electrons. The normalized spacial score (nSPS) is 54.3. The molecule has 2 spiro atoms. The van der Waals surface area contributed by atoms with E-state index in [1.807, 2.05) is 13.8 Å². The second-order valence-electron chi connectivity index (χ2n) is 26.1. The number of aliphatic hydroxyl groups is 11. The highest BCUT2D eigenvalue weighted by Gasteiger charge is 2.79. The van der Waals surface area contributed by atoms with Crippen LogP contribution in [0.15, 0.2) is 11.6 Å². The number of rotatable bonds is 11. The van der Waals surface area contributed by atoms with Crippen LogP contribution in [0.5, 0.6) is 0 Å². The summed E-state index contributed by atoms with van der Waals surface area (Å²) in [6, 6.07) is 0. The maximum atomic E-state index is 15.2. The van der Waals surface area contributed by atoms with Crippen molar-refractivity contribution in [3.8, 4) is 0 Å². The lowest BCUT2D eigenvalue weighted by atomic mass is 9.33. The Morgan fingerprint density at radius 1 is 0.628 bits per heavy atom. The van der Waals surface area contributed by atoms with Gasteiger partial charge in [-0.05, 0) is 85.0 Å². The van der Waals surface area contributed by atoms with Crippen molar-refractivity contribution < 1.29 is 123 Å². The van der Waals surface area contributed by atoms with E-state index in [2.05, 4.69) is 40.7 Å². The topological polar surface area (TPSA) is 397 Å². The van der Waals surface area contributed by atoms with Crippen LogP contribution >= 0.6 is 0 Å². The first-order valence-electron chi connectivity index (χ1n) is 27.4. The fourth-order valence-corrected chi connectivity index (χ4v) is 17.1. The molecule has 5 aliphatic carbocycles. The Balaban J connectivity index is 0.950. The lowest BCUT2D eigenvalue weighted by Gasteiger charge is -2.75. The minimum absolute atomic E-state index is 0.0721. The number of carbonyl (C=O) groups excluding carboxylic acids is 1. The molecular formula is C53H80O25. The highest BCUT2D eigenvalue weighted by atomic mass is 16.8. The molecule has 6 heterocycles. The van der Waals surface area contributed by atoms with E-state index in [0.717, 1.165) is 5.57 Å². The maximum Gasteiger partial charge on any atom is 0.335 e. The van der Waals surface area contributed by atoms with Gasteiger partial charge in [-0.3, -0.25) is 4.79 Å². The van der Waals surface area contributed by atoms with Crippen LogP contribution in [0.3, 0.4) is 0 Å². The number of aliphatic carboxylic acids is 2. The highest BCUT2D eigenvalue weighted by Crippen LogP contribution is 2.77. The Morgan fingerprint density at radius 3 is 1.87 bits per heavy atom. The molecule has 0 aromatic carbocycles. The van der Waals surface area contributed by atoms with Crippen molar-refractivity contribution >= 4 is 17.9 Å². The van der Waals surface area contributed by atoms with Crippen LogP contribution in [0.1, 0.15) is 99.8 Å².